The first-order chi connectivity index (χ1) is 22.4. The highest BCUT2D eigenvalue weighted by Crippen LogP contribution is 2.30. The van der Waals surface area contributed by atoms with E-state index in [4.69, 9.17) is 14.3 Å². The first kappa shape index (κ1) is 39.1. The van der Waals surface area contributed by atoms with E-state index < -0.39 is 31.3 Å². The smallest absolute Gasteiger partial charge is 0.410 e. The summed E-state index contributed by atoms with van der Waals surface area (Å²) in [5.41, 5.74) is 0.852. The fourth-order valence-corrected chi connectivity index (χ4v) is 7.65. The number of anilines is 3. The second-order valence-corrected chi connectivity index (χ2v) is 17.5. The number of hydrogen-bond donors (Lipinski definition) is 2. The fourth-order valence-electron chi connectivity index (χ4n) is 5.31. The molecule has 0 saturated carbocycles. The van der Waals surface area contributed by atoms with Crippen molar-refractivity contribution in [3.05, 3.63) is 48.0 Å². The minimum atomic E-state index is -3.78. The van der Waals surface area contributed by atoms with Crippen LogP contribution in [0.4, 0.5) is 21.9 Å². The Morgan fingerprint density at radius 3 is 2.23 bits per heavy atom. The summed E-state index contributed by atoms with van der Waals surface area (Å²) in [6.07, 6.45) is 4.48. The zero-order chi connectivity index (χ0) is 35.7. The second-order valence-electron chi connectivity index (χ2n) is 13.4. The highest BCUT2D eigenvalue weighted by atomic mass is 32.2. The molecule has 0 spiro atoms. The van der Waals surface area contributed by atoms with Gasteiger partial charge < -0.3 is 24.6 Å². The number of amides is 2. The van der Waals surface area contributed by atoms with E-state index in [2.05, 4.69) is 19.2 Å². The van der Waals surface area contributed by atoms with Crippen molar-refractivity contribution in [1.29, 1.82) is 4.78 Å². The van der Waals surface area contributed by atoms with E-state index >= 15 is 0 Å². The van der Waals surface area contributed by atoms with E-state index in [0.29, 0.717) is 54.8 Å². The lowest BCUT2D eigenvalue weighted by atomic mass is 10.0. The topological polar surface area (TPSA) is 149 Å². The van der Waals surface area contributed by atoms with Gasteiger partial charge in [0.05, 0.1) is 40.4 Å². The molecule has 1 fully saturated rings. The van der Waals surface area contributed by atoms with Crippen LogP contribution < -0.4 is 14.5 Å². The van der Waals surface area contributed by atoms with Gasteiger partial charge in [-0.2, -0.15) is 0 Å². The van der Waals surface area contributed by atoms with Gasteiger partial charge in [0.25, 0.3) is 5.91 Å². The standard InChI is InChI=1S/C34H53N5O7S2/c1-8-26(2)11-9-10-24-48(35,44)29-15-12-27(13-16-29)36-32(40)30-25-28(14-17-31(30)39(22-23-45-6)47(7,42)43)37-18-20-38(21-19-37)33(41)46-34(3,4)5/h12-17,25-26,35H,8-11,18-24H2,1-7H3,(H,36,40)/t26-,48?/m1/s1. The lowest BCUT2D eigenvalue weighted by molar-refractivity contribution is 0.0240. The van der Waals surface area contributed by atoms with Crippen LogP contribution in [0.2, 0.25) is 0 Å². The molecule has 0 aliphatic carbocycles. The van der Waals surface area contributed by atoms with Crippen LogP contribution in [0.15, 0.2) is 47.4 Å². The molecule has 268 valence electrons. The number of nitrogens with zero attached hydrogens (tertiary/aromatic N) is 3. The average molecular weight is 708 g/mol. The summed E-state index contributed by atoms with van der Waals surface area (Å²) in [5.74, 6) is 0.351. The number of ether oxygens (including phenoxy) is 2. The van der Waals surface area contributed by atoms with E-state index in [1.54, 1.807) is 47.4 Å². The fraction of sp³-hybridized carbons (Fsp3) is 0.588. The van der Waals surface area contributed by atoms with Gasteiger partial charge in [-0.15, -0.1) is 0 Å². The Balaban J connectivity index is 1.84. The summed E-state index contributed by atoms with van der Waals surface area (Å²) in [5, 5.41) is 2.85. The Morgan fingerprint density at radius 1 is 1.02 bits per heavy atom. The van der Waals surface area contributed by atoms with Crippen molar-refractivity contribution in [3.63, 3.8) is 0 Å². The van der Waals surface area contributed by atoms with E-state index in [-0.39, 0.29) is 36.2 Å². The number of sulfonamides is 1. The molecule has 1 heterocycles. The number of unbranched alkanes of at least 4 members (excludes halogenated alkanes) is 1. The van der Waals surface area contributed by atoms with Crippen molar-refractivity contribution in [1.82, 2.24) is 4.90 Å². The molecule has 0 bridgehead atoms. The predicted molar refractivity (Wildman–Crippen MR) is 192 cm³/mol. The third kappa shape index (κ3) is 11.4. The molecule has 1 aliphatic heterocycles. The summed E-state index contributed by atoms with van der Waals surface area (Å²) in [7, 11) is -5.28. The number of methoxy groups -OCH3 is 1. The molecule has 0 aromatic heterocycles. The molecule has 2 amide bonds. The van der Waals surface area contributed by atoms with Crippen molar-refractivity contribution in [3.8, 4) is 0 Å². The number of carbonyl (C=O) groups is 2. The summed E-state index contributed by atoms with van der Waals surface area (Å²) >= 11 is 0. The van der Waals surface area contributed by atoms with Gasteiger partial charge in [0.15, 0.2) is 0 Å². The van der Waals surface area contributed by atoms with Gasteiger partial charge in [0.2, 0.25) is 10.0 Å². The van der Waals surface area contributed by atoms with E-state index in [0.717, 1.165) is 29.8 Å². The molecule has 2 aromatic rings. The van der Waals surface area contributed by atoms with E-state index in [1.165, 1.54) is 7.11 Å². The highest BCUT2D eigenvalue weighted by Gasteiger charge is 2.28. The quantitative estimate of drug-likeness (QED) is 0.213. The van der Waals surface area contributed by atoms with Gasteiger partial charge in [-0.3, -0.25) is 9.10 Å². The first-order valence-electron chi connectivity index (χ1n) is 16.5. The Hall–Kier alpha value is -3.36. The average Bonchev–Trinajstić information content (AvgIpc) is 3.02. The van der Waals surface area contributed by atoms with Crippen molar-refractivity contribution in [2.45, 2.75) is 70.8 Å². The van der Waals surface area contributed by atoms with Crippen molar-refractivity contribution in [2.24, 2.45) is 5.92 Å². The van der Waals surface area contributed by atoms with Crippen LogP contribution >= 0.6 is 0 Å². The molecule has 1 saturated heterocycles. The third-order valence-corrected chi connectivity index (χ3v) is 11.3. The summed E-state index contributed by atoms with van der Waals surface area (Å²) in [4.78, 5) is 30.5. The molecule has 2 N–H and O–H groups in total. The molecule has 0 radical (unpaired) electrons. The van der Waals surface area contributed by atoms with Crippen molar-refractivity contribution in [2.75, 3.05) is 73.0 Å². The van der Waals surface area contributed by atoms with Crippen LogP contribution in [-0.4, -0.2) is 93.6 Å². The lowest BCUT2D eigenvalue weighted by Gasteiger charge is -2.37. The number of carbonyl (C=O) groups excluding carboxylic acids is 2. The Labute approximate surface area is 287 Å². The molecular weight excluding hydrogens is 655 g/mol. The SMILES string of the molecule is CC[C@@H](C)CCCCS(=N)(=O)c1ccc(NC(=O)c2cc(N3CCN(C(=O)OC(C)(C)C)CC3)ccc2N(CCOC)S(C)(=O)=O)cc1. The van der Waals surface area contributed by atoms with Gasteiger partial charge in [-0.25, -0.2) is 22.2 Å². The van der Waals surface area contributed by atoms with Gasteiger partial charge in [0.1, 0.15) is 5.60 Å². The molecular formula is C34H53N5O7S2. The minimum Gasteiger partial charge on any atom is -0.444 e. The van der Waals surface area contributed by atoms with Crippen LogP contribution in [0, 0.1) is 10.7 Å². The van der Waals surface area contributed by atoms with Crippen molar-refractivity contribution < 1.29 is 31.7 Å². The molecule has 3 rings (SSSR count). The van der Waals surface area contributed by atoms with Gasteiger partial charge in [0, 0.05) is 55.3 Å². The molecule has 12 nitrogen and oxygen atoms in total. The highest BCUT2D eigenvalue weighted by molar-refractivity contribution is 7.92. The van der Waals surface area contributed by atoms with Crippen LogP contribution in [0.1, 0.15) is 70.7 Å². The number of rotatable bonds is 15. The summed E-state index contributed by atoms with van der Waals surface area (Å²) in [6, 6.07) is 11.5. The molecule has 2 atom stereocenters. The first-order valence-corrected chi connectivity index (χ1v) is 20.0. The van der Waals surface area contributed by atoms with Gasteiger partial charge in [-0.05, 0) is 75.6 Å². The molecule has 14 heteroatoms. The van der Waals surface area contributed by atoms with Crippen LogP contribution in [-0.2, 0) is 29.2 Å². The Bertz CT molecular complexity index is 1600. The molecule has 48 heavy (non-hydrogen) atoms. The Morgan fingerprint density at radius 2 is 1.67 bits per heavy atom. The molecule has 1 aliphatic rings. The normalized spacial score (nSPS) is 15.8. The van der Waals surface area contributed by atoms with Crippen molar-refractivity contribution >= 4 is 48.8 Å². The number of benzene rings is 2. The van der Waals surface area contributed by atoms with Crippen LogP contribution in [0.3, 0.4) is 0 Å². The second kappa shape index (κ2) is 16.8. The zero-order valence-electron chi connectivity index (χ0n) is 29.4. The Kier molecular flexibility index (Phi) is 13.7. The monoisotopic (exact) mass is 707 g/mol. The van der Waals surface area contributed by atoms with Crippen LogP contribution in [0.25, 0.3) is 0 Å². The summed E-state index contributed by atoms with van der Waals surface area (Å²) in [6.45, 7) is 11.8. The minimum absolute atomic E-state index is 0.00738. The van der Waals surface area contributed by atoms with E-state index in [9.17, 15) is 22.2 Å². The number of piperazine rings is 1. The maximum Gasteiger partial charge on any atom is 0.410 e. The zero-order valence-corrected chi connectivity index (χ0v) is 31.0. The van der Waals surface area contributed by atoms with Gasteiger partial charge >= 0.3 is 6.09 Å². The maximum absolute atomic E-state index is 13.8. The maximum atomic E-state index is 13.8. The summed E-state index contributed by atoms with van der Waals surface area (Å²) < 4.78 is 59.1. The van der Waals surface area contributed by atoms with Crippen LogP contribution in [0.5, 0.6) is 0 Å². The molecule has 1 unspecified atom stereocenters. The number of nitrogens with one attached hydrogen (secondary N) is 2. The predicted octanol–water partition coefficient (Wildman–Crippen LogP) is 6.03. The van der Waals surface area contributed by atoms with E-state index in [1.807, 2.05) is 25.7 Å². The van der Waals surface area contributed by atoms with Gasteiger partial charge in [-0.1, -0.05) is 33.1 Å². The third-order valence-electron chi connectivity index (χ3n) is 8.26. The lowest BCUT2D eigenvalue weighted by Crippen LogP contribution is -2.50. The molecule has 2 aromatic carbocycles. The largest absolute Gasteiger partial charge is 0.444 e. The number of hydrogen-bond acceptors (Lipinski definition) is 9.